The standard InChI is InChI=1S/C18H25NO4/c1-5-23-18(21)16(12-13(2)3)19-11-10-17(20)14-6-8-15(22-4)9-7-14/h6-9,11,13,16H,5,10,12H2,1-4H3. The molecule has 0 aliphatic carbocycles. The number of hydrogen-bond donors (Lipinski definition) is 0. The Kier molecular flexibility index (Phi) is 8.02. The van der Waals surface area contributed by atoms with Gasteiger partial charge in [0.2, 0.25) is 0 Å². The lowest BCUT2D eigenvalue weighted by Gasteiger charge is -2.13. The summed E-state index contributed by atoms with van der Waals surface area (Å²) < 4.78 is 10.1. The first-order chi connectivity index (χ1) is 11.0. The van der Waals surface area contributed by atoms with Gasteiger partial charge in [-0.25, -0.2) is 4.79 Å². The number of carbonyl (C=O) groups excluding carboxylic acids is 2. The normalized spacial score (nSPS) is 12.4. The lowest BCUT2D eigenvalue weighted by Crippen LogP contribution is -2.23. The van der Waals surface area contributed by atoms with Crippen LogP contribution in [0.2, 0.25) is 0 Å². The van der Waals surface area contributed by atoms with E-state index in [1.807, 2.05) is 13.8 Å². The number of ketones is 1. The molecule has 0 saturated carbocycles. The fourth-order valence-corrected chi connectivity index (χ4v) is 2.06. The number of nitrogens with zero attached hydrogens (tertiary/aromatic N) is 1. The molecule has 0 saturated heterocycles. The van der Waals surface area contributed by atoms with E-state index in [4.69, 9.17) is 9.47 Å². The molecule has 0 aliphatic rings. The van der Waals surface area contributed by atoms with Crippen LogP contribution < -0.4 is 4.74 Å². The number of rotatable bonds is 9. The van der Waals surface area contributed by atoms with E-state index in [2.05, 4.69) is 4.99 Å². The minimum atomic E-state index is -0.543. The van der Waals surface area contributed by atoms with E-state index in [9.17, 15) is 9.59 Å². The monoisotopic (exact) mass is 319 g/mol. The predicted octanol–water partition coefficient (Wildman–Crippen LogP) is 3.32. The van der Waals surface area contributed by atoms with E-state index in [1.54, 1.807) is 38.3 Å². The summed E-state index contributed by atoms with van der Waals surface area (Å²) in [6, 6.07) is 6.37. The Morgan fingerprint density at radius 2 is 1.87 bits per heavy atom. The van der Waals surface area contributed by atoms with Gasteiger partial charge < -0.3 is 9.47 Å². The minimum absolute atomic E-state index is 0.0523. The van der Waals surface area contributed by atoms with Crippen molar-refractivity contribution in [2.45, 2.75) is 39.7 Å². The molecule has 5 nitrogen and oxygen atoms in total. The van der Waals surface area contributed by atoms with E-state index in [0.717, 1.165) is 0 Å². The number of Topliss-reactive ketones (excluding diaryl/α,β-unsaturated/α-hetero) is 1. The Morgan fingerprint density at radius 3 is 2.39 bits per heavy atom. The van der Waals surface area contributed by atoms with Gasteiger partial charge in [0.1, 0.15) is 11.8 Å². The number of benzene rings is 1. The molecule has 5 heteroatoms. The average molecular weight is 319 g/mol. The van der Waals surface area contributed by atoms with Crippen molar-refractivity contribution in [3.63, 3.8) is 0 Å². The molecule has 0 radical (unpaired) electrons. The molecule has 0 bridgehead atoms. The largest absolute Gasteiger partial charge is 0.497 e. The summed E-state index contributed by atoms with van der Waals surface area (Å²) in [5, 5.41) is 0. The SMILES string of the molecule is CCOC(=O)C(CC(C)C)N=CCC(=O)c1ccc(OC)cc1. The van der Waals surface area contributed by atoms with E-state index in [-0.39, 0.29) is 18.2 Å². The molecule has 0 aromatic heterocycles. The summed E-state index contributed by atoms with van der Waals surface area (Å²) in [5.74, 6) is 0.631. The van der Waals surface area contributed by atoms with Crippen LogP contribution in [-0.4, -0.2) is 37.7 Å². The summed E-state index contributed by atoms with van der Waals surface area (Å²) in [4.78, 5) is 28.2. The Hall–Kier alpha value is -2.17. The van der Waals surface area contributed by atoms with E-state index < -0.39 is 6.04 Å². The fourth-order valence-electron chi connectivity index (χ4n) is 2.06. The molecule has 0 heterocycles. The predicted molar refractivity (Wildman–Crippen MR) is 90.3 cm³/mol. The van der Waals surface area contributed by atoms with E-state index in [1.165, 1.54) is 6.21 Å². The van der Waals surface area contributed by atoms with Crippen LogP contribution in [0.25, 0.3) is 0 Å². The van der Waals surface area contributed by atoms with Crippen LogP contribution >= 0.6 is 0 Å². The summed E-state index contributed by atoms with van der Waals surface area (Å²) in [5.41, 5.74) is 0.591. The average Bonchev–Trinajstić information content (AvgIpc) is 2.53. The van der Waals surface area contributed by atoms with Crippen molar-refractivity contribution >= 4 is 18.0 Å². The van der Waals surface area contributed by atoms with Gasteiger partial charge in [-0.1, -0.05) is 13.8 Å². The first kappa shape index (κ1) is 18.9. The van der Waals surface area contributed by atoms with E-state index in [0.29, 0.717) is 30.3 Å². The molecule has 0 amide bonds. The second-order valence-corrected chi connectivity index (χ2v) is 5.58. The molecule has 0 aliphatic heterocycles. The summed E-state index contributed by atoms with van der Waals surface area (Å²) in [6.07, 6.45) is 2.27. The smallest absolute Gasteiger partial charge is 0.330 e. The number of aliphatic imine (C=N–C) groups is 1. The molecule has 0 spiro atoms. The molecular formula is C18H25NO4. The lowest BCUT2D eigenvalue weighted by molar-refractivity contribution is -0.144. The lowest BCUT2D eigenvalue weighted by atomic mass is 10.0. The number of methoxy groups -OCH3 is 1. The quantitative estimate of drug-likeness (QED) is 0.398. The maximum atomic E-state index is 12.1. The third-order valence-corrected chi connectivity index (χ3v) is 3.23. The number of esters is 1. The topological polar surface area (TPSA) is 65.0 Å². The van der Waals surface area contributed by atoms with Gasteiger partial charge in [-0.3, -0.25) is 9.79 Å². The third kappa shape index (κ3) is 6.63. The molecule has 1 rings (SSSR count). The summed E-state index contributed by atoms with van der Waals surface area (Å²) in [7, 11) is 1.58. The molecule has 1 aromatic rings. The molecular weight excluding hydrogens is 294 g/mol. The van der Waals surface area contributed by atoms with Crippen LogP contribution in [0.4, 0.5) is 0 Å². The molecule has 0 fully saturated rings. The minimum Gasteiger partial charge on any atom is -0.497 e. The van der Waals surface area contributed by atoms with Crippen LogP contribution in [0, 0.1) is 5.92 Å². The zero-order chi connectivity index (χ0) is 17.2. The first-order valence-corrected chi connectivity index (χ1v) is 7.83. The van der Waals surface area contributed by atoms with Crippen molar-refractivity contribution in [2.75, 3.05) is 13.7 Å². The number of ether oxygens (including phenoxy) is 2. The van der Waals surface area contributed by atoms with Gasteiger partial charge >= 0.3 is 5.97 Å². The summed E-state index contributed by atoms with van der Waals surface area (Å²) >= 11 is 0. The number of hydrogen-bond acceptors (Lipinski definition) is 5. The van der Waals surface area contributed by atoms with Crippen molar-refractivity contribution < 1.29 is 19.1 Å². The molecule has 23 heavy (non-hydrogen) atoms. The van der Waals surface area contributed by atoms with Crippen molar-refractivity contribution in [2.24, 2.45) is 10.9 Å². The fraction of sp³-hybridized carbons (Fsp3) is 0.500. The van der Waals surface area contributed by atoms with Gasteiger partial charge in [0, 0.05) is 18.2 Å². The van der Waals surface area contributed by atoms with Crippen LogP contribution in [0.1, 0.15) is 44.0 Å². The van der Waals surface area contributed by atoms with Crippen LogP contribution in [0.5, 0.6) is 5.75 Å². The zero-order valence-corrected chi connectivity index (χ0v) is 14.2. The highest BCUT2D eigenvalue weighted by Gasteiger charge is 2.19. The van der Waals surface area contributed by atoms with Crippen molar-refractivity contribution in [1.29, 1.82) is 0 Å². The van der Waals surface area contributed by atoms with E-state index >= 15 is 0 Å². The van der Waals surface area contributed by atoms with Gasteiger partial charge in [0.15, 0.2) is 5.78 Å². The Bertz CT molecular complexity index is 534. The number of carbonyl (C=O) groups is 2. The van der Waals surface area contributed by atoms with Crippen LogP contribution in [0.3, 0.4) is 0 Å². The second-order valence-electron chi connectivity index (χ2n) is 5.58. The van der Waals surface area contributed by atoms with Gasteiger partial charge in [0.25, 0.3) is 0 Å². The van der Waals surface area contributed by atoms with Gasteiger partial charge in [0.05, 0.1) is 13.7 Å². The maximum Gasteiger partial charge on any atom is 0.330 e. The van der Waals surface area contributed by atoms with Crippen LogP contribution in [0.15, 0.2) is 29.3 Å². The third-order valence-electron chi connectivity index (χ3n) is 3.23. The highest BCUT2D eigenvalue weighted by Crippen LogP contribution is 2.13. The van der Waals surface area contributed by atoms with Gasteiger partial charge in [-0.2, -0.15) is 0 Å². The Labute approximate surface area is 137 Å². The maximum absolute atomic E-state index is 12.1. The van der Waals surface area contributed by atoms with Crippen molar-refractivity contribution in [3.8, 4) is 5.75 Å². The van der Waals surface area contributed by atoms with Gasteiger partial charge in [-0.05, 0) is 43.5 Å². The molecule has 126 valence electrons. The molecule has 1 aromatic carbocycles. The highest BCUT2D eigenvalue weighted by molar-refractivity contribution is 6.03. The second kappa shape index (κ2) is 9.77. The molecule has 1 atom stereocenters. The van der Waals surface area contributed by atoms with Crippen LogP contribution in [-0.2, 0) is 9.53 Å². The Balaban J connectivity index is 2.65. The van der Waals surface area contributed by atoms with Gasteiger partial charge in [-0.15, -0.1) is 0 Å². The van der Waals surface area contributed by atoms with Crippen molar-refractivity contribution in [3.05, 3.63) is 29.8 Å². The van der Waals surface area contributed by atoms with Crippen molar-refractivity contribution in [1.82, 2.24) is 0 Å². The zero-order valence-electron chi connectivity index (χ0n) is 14.2. The first-order valence-electron chi connectivity index (χ1n) is 7.83. The highest BCUT2D eigenvalue weighted by atomic mass is 16.5. The summed E-state index contributed by atoms with van der Waals surface area (Å²) in [6.45, 7) is 6.13. The molecule has 0 N–H and O–H groups in total. The molecule has 1 unspecified atom stereocenters. The Morgan fingerprint density at radius 1 is 1.22 bits per heavy atom.